The molecule has 0 aliphatic rings. The minimum Gasteiger partial charge on any atom is -1.00 e. The van der Waals surface area contributed by atoms with Crippen LogP contribution in [0.15, 0.2) is 0 Å². The van der Waals surface area contributed by atoms with Crippen molar-refractivity contribution >= 4 is 0 Å². The van der Waals surface area contributed by atoms with Gasteiger partial charge in [0.2, 0.25) is 0 Å². The molecule has 0 bridgehead atoms. The molecular weight excluding hydrogens is 125 g/mol. The first-order chi connectivity index (χ1) is 1.41. The van der Waals surface area contributed by atoms with Crippen LogP contribution in [0, 0.1) is 0 Å². The third-order valence-electron chi connectivity index (χ3n) is 0. The first-order valence-electron chi connectivity index (χ1n) is 1.02. The van der Waals surface area contributed by atoms with Crippen molar-refractivity contribution in [2.45, 2.75) is 6.92 Å². The van der Waals surface area contributed by atoms with Crippen molar-refractivity contribution in [1.29, 1.82) is 0 Å². The minimum atomic E-state index is 0. The summed E-state index contributed by atoms with van der Waals surface area (Å²) in [7, 11) is 0. The van der Waals surface area contributed by atoms with Crippen LogP contribution in [0.2, 0.25) is 0 Å². The molecule has 0 aromatic carbocycles. The average molecular weight is 133 g/mol. The molecule has 0 rings (SSSR count). The Morgan fingerprint density at radius 2 is 2.00 bits per heavy atom. The van der Waals surface area contributed by atoms with E-state index in [0.29, 0.717) is 0 Å². The maximum atomic E-state index is 7.57. The van der Waals surface area contributed by atoms with Gasteiger partial charge in [0.1, 0.15) is 0 Å². The van der Waals surface area contributed by atoms with Crippen LogP contribution in [0.1, 0.15) is 8.35 Å². The summed E-state index contributed by atoms with van der Waals surface area (Å²) >= 11 is 0. The Hall–Kier alpha value is 1.77. The Kier molecular flexibility index (Phi) is 20.4. The van der Waals surface area contributed by atoms with Gasteiger partial charge in [-0.05, 0) is 6.92 Å². The number of aliphatic hydroxyl groups is 1. The maximum absolute atomic E-state index is 7.57. The van der Waals surface area contributed by atoms with Crippen molar-refractivity contribution in [3.05, 3.63) is 0 Å². The van der Waals surface area contributed by atoms with E-state index in [0.717, 1.165) is 0 Å². The van der Waals surface area contributed by atoms with Crippen LogP contribution < -0.4 is 58.2 Å². The van der Waals surface area contributed by atoms with Crippen molar-refractivity contribution in [2.75, 3.05) is 6.61 Å². The second-order valence-electron chi connectivity index (χ2n) is 0.316. The van der Waals surface area contributed by atoms with Crippen molar-refractivity contribution in [3.8, 4) is 0 Å². The molecule has 0 unspecified atom stereocenters. The molecule has 22 valence electrons. The van der Waals surface area contributed by atoms with Gasteiger partial charge in [-0.1, -0.05) is 0 Å². The van der Waals surface area contributed by atoms with Gasteiger partial charge in [-0.2, -0.15) is 0 Å². The van der Waals surface area contributed by atoms with Crippen LogP contribution in [0.4, 0.5) is 0 Å². The van der Waals surface area contributed by atoms with Crippen LogP contribution in [0.5, 0.6) is 0 Å². The zero-order chi connectivity index (χ0) is 2.71. The summed E-state index contributed by atoms with van der Waals surface area (Å²) in [5, 5.41) is 7.57. The molecule has 0 aromatic rings. The maximum Gasteiger partial charge on any atom is 1.00 e. The van der Waals surface area contributed by atoms with Crippen LogP contribution >= 0.6 is 0 Å². The fourth-order valence-corrected chi connectivity index (χ4v) is 0. The van der Waals surface area contributed by atoms with E-state index in [-0.39, 0.29) is 66.2 Å². The van der Waals surface area contributed by atoms with Gasteiger partial charge in [0, 0.05) is 6.61 Å². The molecule has 1 nitrogen and oxygen atoms in total. The number of hydrogen-bond acceptors (Lipinski definition) is 1. The van der Waals surface area contributed by atoms with Crippen LogP contribution in [0.3, 0.4) is 0 Å². The Morgan fingerprint density at radius 3 is 2.00 bits per heavy atom. The van der Waals surface area contributed by atoms with Crippen LogP contribution in [0.25, 0.3) is 0 Å². The zero-order valence-electron chi connectivity index (χ0n) is 4.15. The molecule has 0 aliphatic heterocycles. The Balaban J connectivity index is -0.0000000200. The largest absolute Gasteiger partial charge is 1.00 e. The van der Waals surface area contributed by atoms with Crippen molar-refractivity contribution < 1.29 is 64.7 Å². The Labute approximate surface area is 76.7 Å². The topological polar surface area (TPSA) is 20.2 Å². The number of rotatable bonds is 0. The molecule has 4 heavy (non-hydrogen) atoms. The standard InChI is InChI=1S/C2H6O.Rb.H/c1-2-3;;/h3H,2H2,1H3;;/q;+1;-1. The minimum absolute atomic E-state index is 0. The van der Waals surface area contributed by atoms with Crippen LogP contribution in [-0.4, -0.2) is 11.7 Å². The van der Waals surface area contributed by atoms with Crippen LogP contribution in [-0.2, 0) is 0 Å². The predicted molar refractivity (Wildman–Crippen MR) is 13.9 cm³/mol. The van der Waals surface area contributed by atoms with Crippen molar-refractivity contribution in [1.82, 2.24) is 0 Å². The third-order valence-corrected chi connectivity index (χ3v) is 0. The van der Waals surface area contributed by atoms with E-state index in [2.05, 4.69) is 0 Å². The van der Waals surface area contributed by atoms with E-state index >= 15 is 0 Å². The molecule has 0 radical (unpaired) electrons. The van der Waals surface area contributed by atoms with Gasteiger partial charge in [0.15, 0.2) is 0 Å². The molecule has 0 saturated heterocycles. The third kappa shape index (κ3) is 9.24. The fourth-order valence-electron chi connectivity index (χ4n) is 0. The van der Waals surface area contributed by atoms with E-state index in [1.807, 2.05) is 0 Å². The van der Waals surface area contributed by atoms with Gasteiger partial charge < -0.3 is 6.53 Å². The zero-order valence-corrected chi connectivity index (χ0v) is 8.07. The quantitative estimate of drug-likeness (QED) is 0.375. The summed E-state index contributed by atoms with van der Waals surface area (Å²) in [5.74, 6) is 0. The Bertz CT molecular complexity index is 9.61. The molecule has 0 amide bonds. The van der Waals surface area contributed by atoms with E-state index < -0.39 is 0 Å². The molecule has 0 fully saturated rings. The van der Waals surface area contributed by atoms with Gasteiger partial charge in [-0.3, -0.25) is 0 Å². The summed E-state index contributed by atoms with van der Waals surface area (Å²) in [6.07, 6.45) is 0. The van der Waals surface area contributed by atoms with E-state index in [1.165, 1.54) is 0 Å². The Morgan fingerprint density at radius 1 is 2.00 bits per heavy atom. The molecular formula is C2H7ORb. The molecule has 0 atom stereocenters. The molecule has 1 N–H and O–H groups in total. The summed E-state index contributed by atoms with van der Waals surface area (Å²) in [6, 6.07) is 0. The number of aliphatic hydroxyl groups excluding tert-OH is 1. The van der Waals surface area contributed by atoms with E-state index in [4.69, 9.17) is 5.11 Å². The monoisotopic (exact) mass is 132 g/mol. The van der Waals surface area contributed by atoms with Gasteiger partial charge in [0.25, 0.3) is 0 Å². The van der Waals surface area contributed by atoms with Gasteiger partial charge in [-0.25, -0.2) is 0 Å². The smallest absolute Gasteiger partial charge is 1.00 e. The fraction of sp³-hybridized carbons (Fsp3) is 1.00. The summed E-state index contributed by atoms with van der Waals surface area (Å²) in [6.45, 7) is 1.93. The first-order valence-corrected chi connectivity index (χ1v) is 1.02. The molecule has 0 spiro atoms. The summed E-state index contributed by atoms with van der Waals surface area (Å²) in [4.78, 5) is 0. The average Bonchev–Trinajstić information content (AvgIpc) is 0.918. The first kappa shape index (κ1) is 9.23. The number of hydrogen-bond donors (Lipinski definition) is 1. The second-order valence-corrected chi connectivity index (χ2v) is 0.316. The van der Waals surface area contributed by atoms with E-state index in [1.54, 1.807) is 6.92 Å². The molecule has 0 aliphatic carbocycles. The molecule has 0 aromatic heterocycles. The van der Waals surface area contributed by atoms with Gasteiger partial charge >= 0.3 is 58.2 Å². The summed E-state index contributed by atoms with van der Waals surface area (Å²) in [5.41, 5.74) is 0. The second kappa shape index (κ2) is 8.83. The van der Waals surface area contributed by atoms with Gasteiger partial charge in [0.05, 0.1) is 0 Å². The predicted octanol–water partition coefficient (Wildman–Crippen LogP) is -2.88. The molecule has 0 saturated carbocycles. The molecule has 2 heteroatoms. The summed E-state index contributed by atoms with van der Waals surface area (Å²) < 4.78 is 0. The molecule has 0 heterocycles. The van der Waals surface area contributed by atoms with Crippen molar-refractivity contribution in [2.24, 2.45) is 0 Å². The van der Waals surface area contributed by atoms with Crippen molar-refractivity contribution in [3.63, 3.8) is 0 Å². The van der Waals surface area contributed by atoms with Gasteiger partial charge in [-0.15, -0.1) is 0 Å². The SMILES string of the molecule is CCO.[H-].[Rb+]. The normalized spacial score (nSPS) is 4.50. The van der Waals surface area contributed by atoms with E-state index in [9.17, 15) is 0 Å².